The Hall–Kier alpha value is -2.24. The van der Waals surface area contributed by atoms with E-state index in [1.165, 1.54) is 24.0 Å². The number of ether oxygens (including phenoxy) is 1. The first-order valence-corrected chi connectivity index (χ1v) is 7.85. The molecular weight excluding hydrogens is 351 g/mol. The zero-order valence-corrected chi connectivity index (χ0v) is 14.6. The Morgan fingerprint density at radius 2 is 1.79 bits per heavy atom. The van der Waals surface area contributed by atoms with Crippen molar-refractivity contribution >= 4 is 46.5 Å². The van der Waals surface area contributed by atoms with E-state index in [9.17, 15) is 9.59 Å². The first-order chi connectivity index (χ1) is 11.3. The number of halogens is 2. The predicted molar refractivity (Wildman–Crippen MR) is 95.6 cm³/mol. The number of para-hydroxylation sites is 1. The molecule has 0 aliphatic rings. The van der Waals surface area contributed by atoms with Gasteiger partial charge in [-0.25, -0.2) is 4.79 Å². The minimum Gasteiger partial charge on any atom is -0.449 e. The van der Waals surface area contributed by atoms with Gasteiger partial charge in [-0.2, -0.15) is 0 Å². The molecule has 2 N–H and O–H groups in total. The lowest BCUT2D eigenvalue weighted by Gasteiger charge is -2.21. The van der Waals surface area contributed by atoms with Crippen molar-refractivity contribution in [3.8, 4) is 0 Å². The molecule has 0 spiro atoms. The van der Waals surface area contributed by atoms with E-state index in [2.05, 4.69) is 0 Å². The van der Waals surface area contributed by atoms with Crippen molar-refractivity contribution in [2.45, 2.75) is 13.0 Å². The Labute approximate surface area is 149 Å². The van der Waals surface area contributed by atoms with Crippen LogP contribution in [0.4, 0.5) is 11.4 Å². The lowest BCUT2D eigenvalue weighted by molar-refractivity contribution is -0.126. The number of nitrogen functional groups attached to an aromatic ring is 1. The Bertz CT molecular complexity index is 766. The summed E-state index contributed by atoms with van der Waals surface area (Å²) in [6.45, 7) is 1.49. The van der Waals surface area contributed by atoms with Gasteiger partial charge in [-0.15, -0.1) is 0 Å². The maximum Gasteiger partial charge on any atom is 0.341 e. The number of nitrogens with two attached hydrogens (primary N) is 1. The van der Waals surface area contributed by atoms with Crippen LogP contribution in [0.2, 0.25) is 10.0 Å². The number of nitrogens with zero attached hydrogens (tertiary/aromatic N) is 1. The number of hydrogen-bond donors (Lipinski definition) is 1. The molecule has 0 bridgehead atoms. The number of amides is 1. The Kier molecular flexibility index (Phi) is 5.70. The van der Waals surface area contributed by atoms with Gasteiger partial charge in [0.1, 0.15) is 0 Å². The summed E-state index contributed by atoms with van der Waals surface area (Å²) in [5.41, 5.74) is 6.54. The van der Waals surface area contributed by atoms with Crippen LogP contribution in [0.25, 0.3) is 0 Å². The van der Waals surface area contributed by atoms with Gasteiger partial charge in [0.15, 0.2) is 6.10 Å². The zero-order valence-electron chi connectivity index (χ0n) is 13.1. The Balaban J connectivity index is 2.13. The summed E-state index contributed by atoms with van der Waals surface area (Å²) < 4.78 is 5.20. The van der Waals surface area contributed by atoms with Crippen LogP contribution in [-0.2, 0) is 9.53 Å². The molecular formula is C17H16Cl2N2O3. The van der Waals surface area contributed by atoms with Gasteiger partial charge in [-0.1, -0.05) is 41.4 Å². The second-order valence-corrected chi connectivity index (χ2v) is 5.97. The Morgan fingerprint density at radius 1 is 1.17 bits per heavy atom. The Morgan fingerprint density at radius 3 is 2.42 bits per heavy atom. The van der Waals surface area contributed by atoms with Crippen LogP contribution in [0, 0.1) is 0 Å². The van der Waals surface area contributed by atoms with Crippen molar-refractivity contribution in [3.05, 3.63) is 58.1 Å². The summed E-state index contributed by atoms with van der Waals surface area (Å²) in [6.07, 6.45) is -1.00. The van der Waals surface area contributed by atoms with E-state index in [1.807, 2.05) is 18.2 Å². The molecule has 0 aromatic heterocycles. The highest BCUT2D eigenvalue weighted by Gasteiger charge is 2.24. The summed E-state index contributed by atoms with van der Waals surface area (Å²) in [6, 6.07) is 11.8. The highest BCUT2D eigenvalue weighted by molar-refractivity contribution is 6.37. The van der Waals surface area contributed by atoms with Crippen LogP contribution >= 0.6 is 23.2 Å². The number of carbonyl (C=O) groups excluding carboxylic acids is 2. The molecule has 7 heteroatoms. The average Bonchev–Trinajstić information content (AvgIpc) is 2.57. The minimum atomic E-state index is -1.00. The summed E-state index contributed by atoms with van der Waals surface area (Å²) in [4.78, 5) is 26.1. The van der Waals surface area contributed by atoms with Gasteiger partial charge in [-0.05, 0) is 31.2 Å². The van der Waals surface area contributed by atoms with Crippen LogP contribution in [0.15, 0.2) is 42.5 Å². The number of anilines is 2. The number of esters is 1. The van der Waals surface area contributed by atoms with Crippen LogP contribution in [0.5, 0.6) is 0 Å². The van der Waals surface area contributed by atoms with Crippen LogP contribution in [0.1, 0.15) is 17.3 Å². The fraction of sp³-hybridized carbons (Fsp3) is 0.176. The standard InChI is InChI=1S/C17H16Cl2N2O3/c1-10(16(22)21(2)12-6-4-3-5-7-12)24-17(23)13-8-11(18)9-14(19)15(13)20/h3-10H,20H2,1-2H3. The smallest absolute Gasteiger partial charge is 0.341 e. The summed E-state index contributed by atoms with van der Waals surface area (Å²) in [7, 11) is 1.60. The molecule has 2 rings (SSSR count). The summed E-state index contributed by atoms with van der Waals surface area (Å²) >= 11 is 11.8. The van der Waals surface area contributed by atoms with E-state index in [-0.39, 0.29) is 27.2 Å². The van der Waals surface area contributed by atoms with Gasteiger partial charge in [-0.3, -0.25) is 4.79 Å². The van der Waals surface area contributed by atoms with E-state index >= 15 is 0 Å². The summed E-state index contributed by atoms with van der Waals surface area (Å²) in [5, 5.41) is 0.399. The second kappa shape index (κ2) is 7.55. The maximum atomic E-state index is 12.4. The van der Waals surface area contributed by atoms with E-state index < -0.39 is 12.1 Å². The van der Waals surface area contributed by atoms with E-state index in [0.29, 0.717) is 5.69 Å². The first-order valence-electron chi connectivity index (χ1n) is 7.09. The van der Waals surface area contributed by atoms with Crippen molar-refractivity contribution in [2.75, 3.05) is 17.7 Å². The van der Waals surface area contributed by atoms with Gasteiger partial charge in [0, 0.05) is 17.8 Å². The largest absolute Gasteiger partial charge is 0.449 e. The van der Waals surface area contributed by atoms with Gasteiger partial charge in [0.25, 0.3) is 5.91 Å². The summed E-state index contributed by atoms with van der Waals surface area (Å²) in [5.74, 6) is -1.14. The first kappa shape index (κ1) is 18.1. The third kappa shape index (κ3) is 3.99. The number of benzene rings is 2. The fourth-order valence-electron chi connectivity index (χ4n) is 2.08. The lowest BCUT2D eigenvalue weighted by atomic mass is 10.2. The average molecular weight is 367 g/mol. The maximum absolute atomic E-state index is 12.4. The fourth-order valence-corrected chi connectivity index (χ4v) is 2.57. The predicted octanol–water partition coefficient (Wildman–Crippen LogP) is 3.78. The topological polar surface area (TPSA) is 72.6 Å². The molecule has 5 nitrogen and oxygen atoms in total. The van der Waals surface area contributed by atoms with Crippen molar-refractivity contribution in [3.63, 3.8) is 0 Å². The minimum absolute atomic E-state index is 0.0227. The molecule has 0 aliphatic carbocycles. The molecule has 0 heterocycles. The van der Waals surface area contributed by atoms with Crippen molar-refractivity contribution in [2.24, 2.45) is 0 Å². The van der Waals surface area contributed by atoms with E-state index in [4.69, 9.17) is 33.7 Å². The van der Waals surface area contributed by atoms with Crippen molar-refractivity contribution in [1.29, 1.82) is 0 Å². The quantitative estimate of drug-likeness (QED) is 0.659. The molecule has 126 valence electrons. The third-order valence-corrected chi connectivity index (χ3v) is 3.95. The molecule has 1 atom stereocenters. The molecule has 1 amide bonds. The SMILES string of the molecule is CC(OC(=O)c1cc(Cl)cc(Cl)c1N)C(=O)N(C)c1ccccc1. The molecule has 0 saturated carbocycles. The molecule has 0 fully saturated rings. The van der Waals surface area contributed by atoms with Crippen LogP contribution in [-0.4, -0.2) is 25.0 Å². The van der Waals surface area contributed by atoms with Crippen molar-refractivity contribution in [1.82, 2.24) is 0 Å². The molecule has 0 radical (unpaired) electrons. The van der Waals surface area contributed by atoms with Crippen LogP contribution < -0.4 is 10.6 Å². The molecule has 1 unspecified atom stereocenters. The van der Waals surface area contributed by atoms with E-state index in [1.54, 1.807) is 19.2 Å². The molecule has 2 aromatic rings. The van der Waals surface area contributed by atoms with E-state index in [0.717, 1.165) is 0 Å². The van der Waals surface area contributed by atoms with Gasteiger partial charge >= 0.3 is 5.97 Å². The molecule has 0 aliphatic heterocycles. The molecule has 2 aromatic carbocycles. The second-order valence-electron chi connectivity index (χ2n) is 5.13. The zero-order chi connectivity index (χ0) is 17.9. The highest BCUT2D eigenvalue weighted by Crippen LogP contribution is 2.28. The highest BCUT2D eigenvalue weighted by atomic mass is 35.5. The van der Waals surface area contributed by atoms with Crippen molar-refractivity contribution < 1.29 is 14.3 Å². The van der Waals surface area contributed by atoms with Crippen LogP contribution in [0.3, 0.4) is 0 Å². The lowest BCUT2D eigenvalue weighted by Crippen LogP contribution is -2.37. The number of rotatable bonds is 4. The molecule has 0 saturated heterocycles. The normalized spacial score (nSPS) is 11.7. The van der Waals surface area contributed by atoms with Gasteiger partial charge in [0.05, 0.1) is 16.3 Å². The van der Waals surface area contributed by atoms with Gasteiger partial charge < -0.3 is 15.4 Å². The number of carbonyl (C=O) groups is 2. The molecule has 24 heavy (non-hydrogen) atoms. The monoisotopic (exact) mass is 366 g/mol. The number of hydrogen-bond acceptors (Lipinski definition) is 4. The number of likely N-dealkylation sites (N-methyl/N-ethyl adjacent to an activating group) is 1. The van der Waals surface area contributed by atoms with Gasteiger partial charge in [0.2, 0.25) is 0 Å². The third-order valence-electron chi connectivity index (χ3n) is 3.42.